The molecule has 0 radical (unpaired) electrons. The number of sulfonamides is 1. The zero-order valence-electron chi connectivity index (χ0n) is 20.1. The second-order valence-electron chi connectivity index (χ2n) is 8.49. The number of nitrogens with one attached hydrogen (secondary N) is 1. The van der Waals surface area contributed by atoms with E-state index in [1.54, 1.807) is 36.4 Å². The Morgan fingerprint density at radius 3 is 2.06 bits per heavy atom. The minimum absolute atomic E-state index is 0.155. The van der Waals surface area contributed by atoms with E-state index in [1.165, 1.54) is 30.6 Å². The zero-order chi connectivity index (χ0) is 25.0. The predicted molar refractivity (Wildman–Crippen MR) is 139 cm³/mol. The van der Waals surface area contributed by atoms with Crippen molar-refractivity contribution in [2.75, 3.05) is 61.9 Å². The lowest BCUT2D eigenvalue weighted by Crippen LogP contribution is -2.44. The molecule has 184 valence electrons. The fourth-order valence-electron chi connectivity index (χ4n) is 3.89. The van der Waals surface area contributed by atoms with Crippen LogP contribution in [0.2, 0.25) is 0 Å². The maximum Gasteiger partial charge on any atom is 0.264 e. The van der Waals surface area contributed by atoms with Crippen molar-refractivity contribution in [2.24, 2.45) is 0 Å². The summed E-state index contributed by atoms with van der Waals surface area (Å²) in [6.07, 6.45) is 0. The molecule has 0 saturated carbocycles. The molecule has 1 aliphatic heterocycles. The summed E-state index contributed by atoms with van der Waals surface area (Å²) < 4.78 is 32.2. The number of hydrogen-bond acceptors (Lipinski definition) is 6. The highest BCUT2D eigenvalue weighted by molar-refractivity contribution is 7.92. The molecule has 4 rings (SSSR count). The van der Waals surface area contributed by atoms with Gasteiger partial charge < -0.3 is 19.9 Å². The maximum absolute atomic E-state index is 13.0. The van der Waals surface area contributed by atoms with Crippen LogP contribution in [0, 0.1) is 0 Å². The summed E-state index contributed by atoms with van der Waals surface area (Å²) in [4.78, 5) is 17.5. The van der Waals surface area contributed by atoms with Gasteiger partial charge in [-0.3, -0.25) is 9.10 Å². The van der Waals surface area contributed by atoms with Gasteiger partial charge in [0.25, 0.3) is 15.9 Å². The predicted octanol–water partition coefficient (Wildman–Crippen LogP) is 3.52. The first-order valence-electron chi connectivity index (χ1n) is 11.4. The van der Waals surface area contributed by atoms with Crippen molar-refractivity contribution in [3.8, 4) is 5.75 Å². The standard InChI is InChI=1S/C26H30N4O4S/c1-28-16-18-30(19-17-28)23-10-6-21(7-11-23)27-26(31)20-4-8-22(9-5-20)29(2)35(32,33)25-14-12-24(34-3)13-15-25/h4-15H,16-19H2,1-3H3,(H,27,31). The molecule has 0 bridgehead atoms. The van der Waals surface area contributed by atoms with Gasteiger partial charge in [0.15, 0.2) is 0 Å². The van der Waals surface area contributed by atoms with Crippen LogP contribution >= 0.6 is 0 Å². The smallest absolute Gasteiger partial charge is 0.264 e. The lowest BCUT2D eigenvalue weighted by Gasteiger charge is -2.34. The number of anilines is 3. The summed E-state index contributed by atoms with van der Waals surface area (Å²) in [7, 11) is 1.39. The van der Waals surface area contributed by atoms with Crippen LogP contribution in [0.25, 0.3) is 0 Å². The van der Waals surface area contributed by atoms with Crippen molar-refractivity contribution in [3.63, 3.8) is 0 Å². The van der Waals surface area contributed by atoms with Crippen LogP contribution in [0.3, 0.4) is 0 Å². The number of ether oxygens (including phenoxy) is 1. The average Bonchev–Trinajstić information content (AvgIpc) is 2.89. The lowest BCUT2D eigenvalue weighted by atomic mass is 10.2. The van der Waals surface area contributed by atoms with Crippen LogP contribution in [0.5, 0.6) is 5.75 Å². The van der Waals surface area contributed by atoms with E-state index < -0.39 is 10.0 Å². The Labute approximate surface area is 206 Å². The van der Waals surface area contributed by atoms with Gasteiger partial charge in [0, 0.05) is 50.2 Å². The Balaban J connectivity index is 1.40. The molecule has 8 nitrogen and oxygen atoms in total. The van der Waals surface area contributed by atoms with Crippen LogP contribution in [0.15, 0.2) is 77.7 Å². The van der Waals surface area contributed by atoms with Crippen molar-refractivity contribution >= 4 is 33.0 Å². The number of carbonyl (C=O) groups excluding carboxylic acids is 1. The second kappa shape index (κ2) is 10.4. The first-order chi connectivity index (χ1) is 16.8. The van der Waals surface area contributed by atoms with Gasteiger partial charge in [0.1, 0.15) is 5.75 Å². The number of methoxy groups -OCH3 is 1. The highest BCUT2D eigenvalue weighted by Gasteiger charge is 2.21. The summed E-state index contributed by atoms with van der Waals surface area (Å²) in [6.45, 7) is 4.03. The molecule has 35 heavy (non-hydrogen) atoms. The Morgan fingerprint density at radius 1 is 0.886 bits per heavy atom. The molecule has 0 spiro atoms. The van der Waals surface area contributed by atoms with Gasteiger partial charge in [-0.05, 0) is 79.8 Å². The third kappa shape index (κ3) is 5.58. The molecule has 9 heteroatoms. The molecule has 0 atom stereocenters. The summed E-state index contributed by atoms with van der Waals surface area (Å²) in [5.41, 5.74) is 2.73. The fraction of sp³-hybridized carbons (Fsp3) is 0.269. The summed E-state index contributed by atoms with van der Waals surface area (Å²) in [6, 6.07) is 20.5. The molecule has 3 aromatic rings. The highest BCUT2D eigenvalue weighted by Crippen LogP contribution is 2.25. The molecule has 1 heterocycles. The number of piperazine rings is 1. The third-order valence-corrected chi connectivity index (χ3v) is 8.00. The first kappa shape index (κ1) is 24.6. The zero-order valence-corrected chi connectivity index (χ0v) is 21.0. The quantitative estimate of drug-likeness (QED) is 0.541. The van der Waals surface area contributed by atoms with Gasteiger partial charge in [0.05, 0.1) is 17.7 Å². The Kier molecular flexibility index (Phi) is 7.28. The summed E-state index contributed by atoms with van der Waals surface area (Å²) in [5.74, 6) is 0.320. The largest absolute Gasteiger partial charge is 0.497 e. The van der Waals surface area contributed by atoms with Gasteiger partial charge in [-0.25, -0.2) is 8.42 Å². The molecule has 0 unspecified atom stereocenters. The van der Waals surface area contributed by atoms with Crippen LogP contribution in [0.4, 0.5) is 17.1 Å². The van der Waals surface area contributed by atoms with Crippen molar-refractivity contribution in [2.45, 2.75) is 4.90 Å². The van der Waals surface area contributed by atoms with Gasteiger partial charge in [-0.2, -0.15) is 0 Å². The Morgan fingerprint density at radius 2 is 1.49 bits per heavy atom. The monoisotopic (exact) mass is 494 g/mol. The van der Waals surface area contributed by atoms with E-state index in [-0.39, 0.29) is 10.8 Å². The number of rotatable bonds is 7. The van der Waals surface area contributed by atoms with Gasteiger partial charge in [-0.1, -0.05) is 0 Å². The Hall–Kier alpha value is -3.56. The highest BCUT2D eigenvalue weighted by atomic mass is 32.2. The van der Waals surface area contributed by atoms with E-state index in [4.69, 9.17) is 4.74 Å². The van der Waals surface area contributed by atoms with E-state index >= 15 is 0 Å². The molecule has 1 fully saturated rings. The van der Waals surface area contributed by atoms with E-state index in [9.17, 15) is 13.2 Å². The number of hydrogen-bond donors (Lipinski definition) is 1. The van der Waals surface area contributed by atoms with Crippen LogP contribution in [0.1, 0.15) is 10.4 Å². The van der Waals surface area contributed by atoms with Crippen molar-refractivity contribution < 1.29 is 17.9 Å². The molecular formula is C26H30N4O4S. The van der Waals surface area contributed by atoms with E-state index in [2.05, 4.69) is 22.2 Å². The summed E-state index contributed by atoms with van der Waals surface area (Å²) >= 11 is 0. The molecule has 1 amide bonds. The molecule has 1 N–H and O–H groups in total. The molecule has 1 aliphatic rings. The van der Waals surface area contributed by atoms with E-state index in [1.807, 2.05) is 24.3 Å². The van der Waals surface area contributed by atoms with Gasteiger partial charge in [-0.15, -0.1) is 0 Å². The van der Waals surface area contributed by atoms with Gasteiger partial charge in [0.2, 0.25) is 0 Å². The molecule has 1 saturated heterocycles. The van der Waals surface area contributed by atoms with Crippen molar-refractivity contribution in [1.29, 1.82) is 0 Å². The number of carbonyl (C=O) groups is 1. The molecule has 3 aromatic carbocycles. The second-order valence-corrected chi connectivity index (χ2v) is 10.5. The minimum atomic E-state index is -3.74. The molecule has 0 aromatic heterocycles. The topological polar surface area (TPSA) is 82.2 Å². The van der Waals surface area contributed by atoms with Crippen LogP contribution in [-0.2, 0) is 10.0 Å². The fourth-order valence-corrected chi connectivity index (χ4v) is 5.09. The maximum atomic E-state index is 13.0. The van der Waals surface area contributed by atoms with Crippen molar-refractivity contribution in [1.82, 2.24) is 4.90 Å². The van der Waals surface area contributed by atoms with Crippen LogP contribution < -0.4 is 19.3 Å². The lowest BCUT2D eigenvalue weighted by molar-refractivity contribution is 0.102. The normalized spacial score (nSPS) is 14.4. The SMILES string of the molecule is COc1ccc(S(=O)(=O)N(C)c2ccc(C(=O)Nc3ccc(N4CCN(C)CC4)cc3)cc2)cc1. The number of amides is 1. The molecule has 0 aliphatic carbocycles. The Bertz CT molecular complexity index is 1250. The number of likely N-dealkylation sites (N-methyl/N-ethyl adjacent to an activating group) is 1. The summed E-state index contributed by atoms with van der Waals surface area (Å²) in [5, 5.41) is 2.90. The first-order valence-corrected chi connectivity index (χ1v) is 12.8. The third-order valence-electron chi connectivity index (χ3n) is 6.20. The van der Waals surface area contributed by atoms with Gasteiger partial charge >= 0.3 is 0 Å². The van der Waals surface area contributed by atoms with E-state index in [0.29, 0.717) is 22.7 Å². The van der Waals surface area contributed by atoms with Crippen molar-refractivity contribution in [3.05, 3.63) is 78.4 Å². The average molecular weight is 495 g/mol. The number of nitrogens with zero attached hydrogens (tertiary/aromatic N) is 3. The van der Waals surface area contributed by atoms with Crippen LogP contribution in [-0.4, -0.2) is 66.6 Å². The minimum Gasteiger partial charge on any atom is -0.497 e. The molecular weight excluding hydrogens is 464 g/mol. The van der Waals surface area contributed by atoms with E-state index in [0.717, 1.165) is 31.9 Å². The number of benzene rings is 3.